The summed E-state index contributed by atoms with van der Waals surface area (Å²) < 4.78 is 0.980. The molecule has 1 N–H and O–H groups in total. The van der Waals surface area contributed by atoms with Crippen LogP contribution in [-0.2, 0) is 0 Å². The number of thiocarbonyl (C=S) groups is 1. The second kappa shape index (κ2) is 6.66. The average molecular weight is 217 g/mol. The van der Waals surface area contributed by atoms with Gasteiger partial charge in [-0.3, -0.25) is 0 Å². The number of hydrogen-bond donors (Lipinski definition) is 1. The summed E-state index contributed by atoms with van der Waals surface area (Å²) in [5, 5.41) is 3.18. The van der Waals surface area contributed by atoms with Crippen molar-refractivity contribution in [3.8, 4) is 0 Å². The van der Waals surface area contributed by atoms with Crippen LogP contribution < -0.4 is 5.32 Å². The summed E-state index contributed by atoms with van der Waals surface area (Å²) in [6.07, 6.45) is 7.14. The lowest BCUT2D eigenvalue weighted by molar-refractivity contribution is 0.391. The first-order valence-electron chi connectivity index (χ1n) is 5.23. The van der Waals surface area contributed by atoms with E-state index in [9.17, 15) is 0 Å². The van der Waals surface area contributed by atoms with E-state index in [1.807, 2.05) is 11.8 Å². The van der Waals surface area contributed by atoms with Gasteiger partial charge in [0.05, 0.1) is 0 Å². The molecule has 1 fully saturated rings. The fourth-order valence-corrected chi connectivity index (χ4v) is 3.06. The second-order valence-electron chi connectivity index (χ2n) is 3.63. The molecule has 0 aromatic carbocycles. The Balaban J connectivity index is 2.06. The van der Waals surface area contributed by atoms with Gasteiger partial charge in [-0.15, -0.1) is 0 Å². The van der Waals surface area contributed by atoms with E-state index in [2.05, 4.69) is 12.2 Å². The molecule has 0 unspecified atom stereocenters. The summed E-state index contributed by atoms with van der Waals surface area (Å²) in [4.78, 5) is 0. The van der Waals surface area contributed by atoms with Crippen LogP contribution in [0.2, 0.25) is 0 Å². The topological polar surface area (TPSA) is 12.0 Å². The van der Waals surface area contributed by atoms with Crippen LogP contribution in [0, 0.1) is 5.92 Å². The van der Waals surface area contributed by atoms with Crippen molar-refractivity contribution in [2.45, 2.75) is 39.0 Å². The molecular weight excluding hydrogens is 198 g/mol. The smallest absolute Gasteiger partial charge is 0.133 e. The number of rotatable bonds is 3. The highest BCUT2D eigenvalue weighted by Crippen LogP contribution is 2.26. The third kappa shape index (κ3) is 4.87. The van der Waals surface area contributed by atoms with Crippen molar-refractivity contribution in [2.75, 3.05) is 12.3 Å². The van der Waals surface area contributed by atoms with Gasteiger partial charge in [0, 0.05) is 12.3 Å². The van der Waals surface area contributed by atoms with E-state index < -0.39 is 0 Å². The Bertz CT molecular complexity index is 153. The van der Waals surface area contributed by atoms with Crippen molar-refractivity contribution in [3.05, 3.63) is 0 Å². The first kappa shape index (κ1) is 11.3. The van der Waals surface area contributed by atoms with Crippen LogP contribution in [0.15, 0.2) is 0 Å². The van der Waals surface area contributed by atoms with Crippen molar-refractivity contribution >= 4 is 28.3 Å². The van der Waals surface area contributed by atoms with Crippen molar-refractivity contribution in [1.29, 1.82) is 0 Å². The molecule has 1 saturated carbocycles. The van der Waals surface area contributed by atoms with E-state index in [0.29, 0.717) is 0 Å². The Morgan fingerprint density at radius 1 is 1.38 bits per heavy atom. The van der Waals surface area contributed by atoms with Gasteiger partial charge in [0.15, 0.2) is 0 Å². The minimum absolute atomic E-state index is 0.926. The molecule has 0 bridgehead atoms. The molecule has 1 rings (SSSR count). The van der Waals surface area contributed by atoms with Crippen LogP contribution in [0.3, 0.4) is 0 Å². The molecule has 0 aromatic rings. The highest BCUT2D eigenvalue weighted by atomic mass is 32.2. The average Bonchev–Trinajstić information content (AvgIpc) is 2.17. The molecule has 13 heavy (non-hydrogen) atoms. The zero-order valence-electron chi connectivity index (χ0n) is 8.34. The maximum Gasteiger partial charge on any atom is 0.133 e. The summed E-state index contributed by atoms with van der Waals surface area (Å²) in [6, 6.07) is 0. The van der Waals surface area contributed by atoms with E-state index in [-0.39, 0.29) is 0 Å². The van der Waals surface area contributed by atoms with Crippen molar-refractivity contribution in [2.24, 2.45) is 5.92 Å². The number of thioether (sulfide) groups is 1. The lowest BCUT2D eigenvalue weighted by Gasteiger charge is -2.20. The molecule has 0 radical (unpaired) electrons. The van der Waals surface area contributed by atoms with E-state index in [0.717, 1.165) is 16.8 Å². The Labute approximate surface area is 91.0 Å². The fourth-order valence-electron chi connectivity index (χ4n) is 1.74. The molecule has 1 aliphatic carbocycles. The number of hydrogen-bond acceptors (Lipinski definition) is 2. The normalized spacial score (nSPS) is 18.5. The first-order chi connectivity index (χ1) is 6.33. The van der Waals surface area contributed by atoms with E-state index in [1.165, 1.54) is 37.9 Å². The van der Waals surface area contributed by atoms with Gasteiger partial charge in [0.25, 0.3) is 0 Å². The van der Waals surface area contributed by atoms with Crippen LogP contribution in [0.25, 0.3) is 0 Å². The molecular formula is C10H19NS2. The Morgan fingerprint density at radius 3 is 2.69 bits per heavy atom. The molecule has 76 valence electrons. The monoisotopic (exact) mass is 217 g/mol. The van der Waals surface area contributed by atoms with Gasteiger partial charge in [-0.05, 0) is 25.7 Å². The first-order valence-corrected chi connectivity index (χ1v) is 6.63. The molecule has 3 heteroatoms. The standard InChI is InChI=1S/C10H19NS2/c1-2-11-10(12)13-8-9-6-4-3-5-7-9/h9H,2-8H2,1H3,(H,11,12). The summed E-state index contributed by atoms with van der Waals surface area (Å²) in [5.74, 6) is 2.15. The molecule has 0 amide bonds. The van der Waals surface area contributed by atoms with Gasteiger partial charge >= 0.3 is 0 Å². The van der Waals surface area contributed by atoms with E-state index in [1.54, 1.807) is 0 Å². The van der Waals surface area contributed by atoms with E-state index >= 15 is 0 Å². The maximum absolute atomic E-state index is 5.17. The molecule has 0 spiro atoms. The molecule has 0 atom stereocenters. The molecule has 0 aromatic heterocycles. The zero-order chi connectivity index (χ0) is 9.52. The van der Waals surface area contributed by atoms with Crippen LogP contribution in [0.1, 0.15) is 39.0 Å². The number of nitrogens with one attached hydrogen (secondary N) is 1. The van der Waals surface area contributed by atoms with Gasteiger partial charge in [0.1, 0.15) is 4.32 Å². The Morgan fingerprint density at radius 2 is 2.08 bits per heavy atom. The van der Waals surface area contributed by atoms with Crippen LogP contribution >= 0.6 is 24.0 Å². The summed E-state index contributed by atoms with van der Waals surface area (Å²) >= 11 is 7.00. The minimum atomic E-state index is 0.926. The SMILES string of the molecule is CCNC(=S)SCC1CCCCC1. The van der Waals surface area contributed by atoms with Gasteiger partial charge in [-0.25, -0.2) is 0 Å². The second-order valence-corrected chi connectivity index (χ2v) is 5.33. The lowest BCUT2D eigenvalue weighted by Crippen LogP contribution is -2.19. The van der Waals surface area contributed by atoms with Crippen LogP contribution in [0.4, 0.5) is 0 Å². The van der Waals surface area contributed by atoms with Gasteiger partial charge < -0.3 is 5.32 Å². The lowest BCUT2D eigenvalue weighted by atomic mass is 9.91. The predicted molar refractivity (Wildman–Crippen MR) is 65.3 cm³/mol. The van der Waals surface area contributed by atoms with Gasteiger partial charge in [0.2, 0.25) is 0 Å². The third-order valence-electron chi connectivity index (χ3n) is 2.50. The van der Waals surface area contributed by atoms with Crippen LogP contribution in [0.5, 0.6) is 0 Å². The maximum atomic E-state index is 5.17. The molecule has 1 nitrogen and oxygen atoms in total. The van der Waals surface area contributed by atoms with Gasteiger partial charge in [-0.2, -0.15) is 0 Å². The quantitative estimate of drug-likeness (QED) is 0.729. The Kier molecular flexibility index (Phi) is 5.80. The van der Waals surface area contributed by atoms with Gasteiger partial charge in [-0.1, -0.05) is 43.2 Å². The van der Waals surface area contributed by atoms with Crippen LogP contribution in [-0.4, -0.2) is 16.6 Å². The summed E-state index contributed by atoms with van der Waals surface area (Å²) in [6.45, 7) is 3.05. The predicted octanol–water partition coefficient (Wildman–Crippen LogP) is 3.19. The highest BCUT2D eigenvalue weighted by Gasteiger charge is 2.13. The summed E-state index contributed by atoms with van der Waals surface area (Å²) in [7, 11) is 0. The summed E-state index contributed by atoms with van der Waals surface area (Å²) in [5.41, 5.74) is 0. The molecule has 1 aliphatic rings. The van der Waals surface area contributed by atoms with Crippen molar-refractivity contribution in [1.82, 2.24) is 5.32 Å². The molecule has 0 heterocycles. The zero-order valence-corrected chi connectivity index (χ0v) is 9.98. The Hall–Kier alpha value is 0.240. The van der Waals surface area contributed by atoms with E-state index in [4.69, 9.17) is 12.2 Å². The molecule has 0 saturated heterocycles. The fraction of sp³-hybridized carbons (Fsp3) is 0.900. The third-order valence-corrected chi connectivity index (χ3v) is 4.04. The van der Waals surface area contributed by atoms with Crippen molar-refractivity contribution in [3.63, 3.8) is 0 Å². The largest absolute Gasteiger partial charge is 0.371 e. The minimum Gasteiger partial charge on any atom is -0.371 e. The highest BCUT2D eigenvalue weighted by molar-refractivity contribution is 8.22. The molecule has 0 aliphatic heterocycles. The van der Waals surface area contributed by atoms with Crippen molar-refractivity contribution < 1.29 is 0 Å².